The first-order valence-corrected chi connectivity index (χ1v) is 6.19. The highest BCUT2D eigenvalue weighted by atomic mass is 19.1. The minimum absolute atomic E-state index is 0.121. The van der Waals surface area contributed by atoms with E-state index < -0.39 is 5.82 Å². The van der Waals surface area contributed by atoms with Crippen LogP contribution in [0.2, 0.25) is 0 Å². The summed E-state index contributed by atoms with van der Waals surface area (Å²) in [6.07, 6.45) is 0. The molecule has 5 heteroatoms. The Morgan fingerprint density at radius 1 is 0.952 bits per heavy atom. The van der Waals surface area contributed by atoms with Crippen LogP contribution < -0.4 is 9.47 Å². The standard InChI is InChI=1S/C16H11FN2O2/c17-15-5-2-6-16(14(15)11-19)21-8-7-20-13-4-1-3-12(9-13)10-18/h1-6,9H,7-8H2. The van der Waals surface area contributed by atoms with Crippen LogP contribution in [0.15, 0.2) is 42.5 Å². The van der Waals surface area contributed by atoms with Crippen molar-refractivity contribution in [2.45, 2.75) is 0 Å². The molecule has 0 unspecified atom stereocenters. The van der Waals surface area contributed by atoms with Crippen molar-refractivity contribution in [2.75, 3.05) is 13.2 Å². The Balaban J connectivity index is 1.90. The molecule has 21 heavy (non-hydrogen) atoms. The highest BCUT2D eigenvalue weighted by molar-refractivity contribution is 5.43. The molecule has 0 saturated heterocycles. The summed E-state index contributed by atoms with van der Waals surface area (Å²) in [5.41, 5.74) is 0.384. The topological polar surface area (TPSA) is 66.0 Å². The molecule has 0 atom stereocenters. The fourth-order valence-corrected chi connectivity index (χ4v) is 1.70. The summed E-state index contributed by atoms with van der Waals surface area (Å²) in [6, 6.07) is 14.7. The third-order valence-corrected chi connectivity index (χ3v) is 2.66. The van der Waals surface area contributed by atoms with Gasteiger partial charge in [0, 0.05) is 0 Å². The van der Waals surface area contributed by atoms with Gasteiger partial charge in [-0.25, -0.2) is 4.39 Å². The van der Waals surface area contributed by atoms with E-state index >= 15 is 0 Å². The largest absolute Gasteiger partial charge is 0.490 e. The van der Waals surface area contributed by atoms with Gasteiger partial charge in [-0.3, -0.25) is 0 Å². The lowest BCUT2D eigenvalue weighted by molar-refractivity contribution is 0.216. The lowest BCUT2D eigenvalue weighted by atomic mass is 10.2. The van der Waals surface area contributed by atoms with E-state index in [-0.39, 0.29) is 24.5 Å². The summed E-state index contributed by atoms with van der Waals surface area (Å²) in [4.78, 5) is 0. The number of halogens is 1. The summed E-state index contributed by atoms with van der Waals surface area (Å²) in [5, 5.41) is 17.6. The second-order valence-electron chi connectivity index (χ2n) is 4.06. The van der Waals surface area contributed by atoms with Gasteiger partial charge in [0.2, 0.25) is 0 Å². The molecule has 2 aromatic rings. The number of hydrogen-bond acceptors (Lipinski definition) is 4. The van der Waals surface area contributed by atoms with Crippen molar-refractivity contribution < 1.29 is 13.9 Å². The van der Waals surface area contributed by atoms with Crippen molar-refractivity contribution in [1.29, 1.82) is 10.5 Å². The average Bonchev–Trinajstić information content (AvgIpc) is 2.52. The Labute approximate surface area is 121 Å². The van der Waals surface area contributed by atoms with Crippen molar-refractivity contribution in [2.24, 2.45) is 0 Å². The Hall–Kier alpha value is -3.05. The van der Waals surface area contributed by atoms with Crippen molar-refractivity contribution in [1.82, 2.24) is 0 Å². The van der Waals surface area contributed by atoms with E-state index in [9.17, 15) is 4.39 Å². The van der Waals surface area contributed by atoms with E-state index in [1.54, 1.807) is 30.3 Å². The number of hydrogen-bond donors (Lipinski definition) is 0. The number of rotatable bonds is 5. The molecule has 0 aliphatic carbocycles. The third-order valence-electron chi connectivity index (χ3n) is 2.66. The average molecular weight is 282 g/mol. The molecule has 0 saturated carbocycles. The summed E-state index contributed by atoms with van der Waals surface area (Å²) < 4.78 is 24.1. The van der Waals surface area contributed by atoms with Gasteiger partial charge in [0.25, 0.3) is 0 Å². The molecule has 0 heterocycles. The SMILES string of the molecule is N#Cc1cccc(OCCOc2cccc(F)c2C#N)c1. The van der Waals surface area contributed by atoms with Crippen molar-refractivity contribution >= 4 is 0 Å². The third kappa shape index (κ3) is 3.71. The molecule has 0 N–H and O–H groups in total. The maximum absolute atomic E-state index is 13.3. The first-order valence-electron chi connectivity index (χ1n) is 6.19. The lowest BCUT2D eigenvalue weighted by Crippen LogP contribution is -2.10. The monoisotopic (exact) mass is 282 g/mol. The van der Waals surface area contributed by atoms with Gasteiger partial charge in [-0.15, -0.1) is 0 Å². The van der Waals surface area contributed by atoms with Gasteiger partial charge < -0.3 is 9.47 Å². The fraction of sp³-hybridized carbons (Fsp3) is 0.125. The summed E-state index contributed by atoms with van der Waals surface area (Å²) in [5.74, 6) is 0.127. The Morgan fingerprint density at radius 3 is 2.48 bits per heavy atom. The predicted octanol–water partition coefficient (Wildman–Crippen LogP) is 3.03. The molecule has 0 bridgehead atoms. The van der Waals surface area contributed by atoms with Crippen LogP contribution >= 0.6 is 0 Å². The normalized spacial score (nSPS) is 9.48. The zero-order chi connectivity index (χ0) is 15.1. The lowest BCUT2D eigenvalue weighted by Gasteiger charge is -2.09. The quantitative estimate of drug-likeness (QED) is 0.791. The first-order chi connectivity index (χ1) is 10.2. The van der Waals surface area contributed by atoms with Crippen LogP contribution in [0.3, 0.4) is 0 Å². The van der Waals surface area contributed by atoms with E-state index in [1.165, 1.54) is 18.2 Å². The zero-order valence-electron chi connectivity index (χ0n) is 11.0. The highest BCUT2D eigenvalue weighted by Gasteiger charge is 2.08. The Bertz CT molecular complexity index is 717. The van der Waals surface area contributed by atoms with Crippen LogP contribution in [-0.4, -0.2) is 13.2 Å². The van der Waals surface area contributed by atoms with Crippen LogP contribution in [0, 0.1) is 28.5 Å². The van der Waals surface area contributed by atoms with E-state index in [2.05, 4.69) is 0 Å². The minimum atomic E-state index is -0.613. The van der Waals surface area contributed by atoms with Crippen LogP contribution in [0.4, 0.5) is 4.39 Å². The second kappa shape index (κ2) is 6.93. The highest BCUT2D eigenvalue weighted by Crippen LogP contribution is 2.20. The molecule has 4 nitrogen and oxygen atoms in total. The van der Waals surface area contributed by atoms with Crippen LogP contribution in [0.5, 0.6) is 11.5 Å². The molecule has 2 rings (SSSR count). The zero-order valence-corrected chi connectivity index (χ0v) is 11.0. The molecule has 0 aliphatic heterocycles. The maximum Gasteiger partial charge on any atom is 0.144 e. The molecule has 0 fully saturated rings. The van der Waals surface area contributed by atoms with Gasteiger partial charge >= 0.3 is 0 Å². The molecule has 0 radical (unpaired) electrons. The minimum Gasteiger partial charge on any atom is -0.490 e. The van der Waals surface area contributed by atoms with Gasteiger partial charge in [-0.05, 0) is 30.3 Å². The second-order valence-corrected chi connectivity index (χ2v) is 4.06. The Morgan fingerprint density at radius 2 is 1.71 bits per heavy atom. The molecular weight excluding hydrogens is 271 g/mol. The number of nitrogens with zero attached hydrogens (tertiary/aromatic N) is 2. The van der Waals surface area contributed by atoms with E-state index in [0.29, 0.717) is 11.3 Å². The maximum atomic E-state index is 13.3. The van der Waals surface area contributed by atoms with Gasteiger partial charge in [0.1, 0.15) is 42.2 Å². The van der Waals surface area contributed by atoms with Gasteiger partial charge in [0.15, 0.2) is 0 Å². The van der Waals surface area contributed by atoms with Crippen molar-refractivity contribution in [3.8, 4) is 23.6 Å². The number of nitriles is 2. The number of ether oxygens (including phenoxy) is 2. The van der Waals surface area contributed by atoms with Gasteiger partial charge in [-0.1, -0.05) is 12.1 Å². The molecular formula is C16H11FN2O2. The van der Waals surface area contributed by atoms with Crippen molar-refractivity contribution in [3.63, 3.8) is 0 Å². The van der Waals surface area contributed by atoms with E-state index in [0.717, 1.165) is 0 Å². The molecule has 0 aromatic heterocycles. The fourth-order valence-electron chi connectivity index (χ4n) is 1.70. The van der Waals surface area contributed by atoms with Crippen molar-refractivity contribution in [3.05, 3.63) is 59.4 Å². The van der Waals surface area contributed by atoms with Crippen LogP contribution in [0.1, 0.15) is 11.1 Å². The summed E-state index contributed by atoms with van der Waals surface area (Å²) >= 11 is 0. The summed E-state index contributed by atoms with van der Waals surface area (Å²) in [7, 11) is 0. The molecule has 0 spiro atoms. The molecule has 0 amide bonds. The first kappa shape index (κ1) is 14.4. The Kier molecular flexibility index (Phi) is 4.74. The number of benzene rings is 2. The predicted molar refractivity (Wildman–Crippen MR) is 73.3 cm³/mol. The van der Waals surface area contributed by atoms with Crippen LogP contribution in [-0.2, 0) is 0 Å². The van der Waals surface area contributed by atoms with Gasteiger partial charge in [0.05, 0.1) is 11.6 Å². The van der Waals surface area contributed by atoms with Crippen LogP contribution in [0.25, 0.3) is 0 Å². The van der Waals surface area contributed by atoms with E-state index in [1.807, 2.05) is 6.07 Å². The molecule has 2 aromatic carbocycles. The molecule has 0 aliphatic rings. The smallest absolute Gasteiger partial charge is 0.144 e. The summed E-state index contributed by atoms with van der Waals surface area (Å²) in [6.45, 7) is 0.380. The molecule has 104 valence electrons. The van der Waals surface area contributed by atoms with Gasteiger partial charge in [-0.2, -0.15) is 10.5 Å². The van der Waals surface area contributed by atoms with E-state index in [4.69, 9.17) is 20.0 Å².